The summed E-state index contributed by atoms with van der Waals surface area (Å²) in [6, 6.07) is 7.41. The molecule has 0 saturated heterocycles. The van der Waals surface area contributed by atoms with Gasteiger partial charge in [-0.25, -0.2) is 8.42 Å². The molecule has 0 N–H and O–H groups in total. The fourth-order valence-corrected chi connectivity index (χ4v) is 3.88. The molecule has 2 aliphatic heterocycles. The van der Waals surface area contributed by atoms with E-state index in [2.05, 4.69) is 4.40 Å². The number of sulfonamides is 1. The molecule has 0 radical (unpaired) electrons. The molecular weight excluding hydrogens is 362 g/mol. The lowest BCUT2D eigenvalue weighted by Crippen LogP contribution is -2.39. The van der Waals surface area contributed by atoms with Gasteiger partial charge in [-0.1, -0.05) is 23.7 Å². The van der Waals surface area contributed by atoms with Crippen LogP contribution in [0.5, 0.6) is 0 Å². The minimum atomic E-state index is -3.40. The molecule has 8 heteroatoms. The van der Waals surface area contributed by atoms with E-state index in [1.165, 1.54) is 0 Å². The van der Waals surface area contributed by atoms with E-state index in [0.717, 1.165) is 5.56 Å². The summed E-state index contributed by atoms with van der Waals surface area (Å²) >= 11 is 6.00. The molecule has 0 spiro atoms. The number of hydrogen-bond acceptors (Lipinski definition) is 4. The summed E-state index contributed by atoms with van der Waals surface area (Å²) in [6.07, 6.45) is 4.84. The maximum atomic E-state index is 12.8. The molecule has 0 saturated carbocycles. The van der Waals surface area contributed by atoms with Crippen LogP contribution >= 0.6 is 11.6 Å². The minimum Gasteiger partial charge on any atom is -0.335 e. The Labute approximate surface area is 152 Å². The quantitative estimate of drug-likeness (QED) is 0.804. The molecule has 3 rings (SSSR count). The van der Waals surface area contributed by atoms with Crippen molar-refractivity contribution in [3.63, 3.8) is 0 Å². The molecule has 0 unspecified atom stereocenters. The van der Waals surface area contributed by atoms with Gasteiger partial charge in [0.05, 0.1) is 11.3 Å². The van der Waals surface area contributed by atoms with Gasteiger partial charge in [0, 0.05) is 30.9 Å². The van der Waals surface area contributed by atoms with Gasteiger partial charge in [0.2, 0.25) is 0 Å². The third-order valence-electron chi connectivity index (χ3n) is 4.00. The second kappa shape index (κ2) is 7.01. The van der Waals surface area contributed by atoms with Crippen molar-refractivity contribution in [3.8, 4) is 0 Å². The molecule has 1 aromatic rings. The number of hydrogen-bond donors (Lipinski definition) is 0. The number of carbonyl (C=O) groups is 1. The molecule has 0 fully saturated rings. The van der Waals surface area contributed by atoms with Crippen LogP contribution < -0.4 is 0 Å². The summed E-state index contributed by atoms with van der Waals surface area (Å²) in [5.41, 5.74) is 1.46. The van der Waals surface area contributed by atoms with E-state index < -0.39 is 10.0 Å². The Bertz CT molecular complexity index is 890. The molecule has 2 heterocycles. The number of fused-ring (bicyclic) bond motifs is 1. The van der Waals surface area contributed by atoms with Crippen molar-refractivity contribution < 1.29 is 13.2 Å². The maximum absolute atomic E-state index is 12.8. The standard InChI is InChI=1S/C17H18ClN3O3S/c1-2-20(11-13-4-3-5-15(18)10-13)17(22)14-6-7-16-19-25(23,24)9-8-21(16)12-14/h3-7,10,12H,2,8-9,11H2,1H3. The smallest absolute Gasteiger partial charge is 0.256 e. The number of rotatable bonds is 4. The number of halogens is 1. The number of amidine groups is 1. The highest BCUT2D eigenvalue weighted by Crippen LogP contribution is 2.19. The second-order valence-electron chi connectivity index (χ2n) is 5.80. The highest BCUT2D eigenvalue weighted by atomic mass is 35.5. The van der Waals surface area contributed by atoms with Gasteiger partial charge in [-0.05, 0) is 36.8 Å². The van der Waals surface area contributed by atoms with Gasteiger partial charge in [-0.2, -0.15) is 0 Å². The summed E-state index contributed by atoms with van der Waals surface area (Å²) in [5.74, 6) is 0.175. The van der Waals surface area contributed by atoms with Crippen LogP contribution in [0.15, 0.2) is 52.6 Å². The van der Waals surface area contributed by atoms with Crippen molar-refractivity contribution in [2.24, 2.45) is 4.40 Å². The predicted molar refractivity (Wildman–Crippen MR) is 97.7 cm³/mol. The number of likely N-dealkylation sites (N-methyl/N-ethyl adjacent to an activating group) is 1. The van der Waals surface area contributed by atoms with Gasteiger partial charge in [-0.15, -0.1) is 4.40 Å². The van der Waals surface area contributed by atoms with Crippen molar-refractivity contribution in [2.75, 3.05) is 18.8 Å². The lowest BCUT2D eigenvalue weighted by atomic mass is 10.1. The summed E-state index contributed by atoms with van der Waals surface area (Å²) in [6.45, 7) is 3.21. The first-order chi connectivity index (χ1) is 11.9. The predicted octanol–water partition coefficient (Wildman–Crippen LogP) is 2.19. The first-order valence-electron chi connectivity index (χ1n) is 7.91. The Morgan fingerprint density at radius 3 is 2.88 bits per heavy atom. The minimum absolute atomic E-state index is 0.0533. The fraction of sp³-hybridized carbons (Fsp3) is 0.294. The largest absolute Gasteiger partial charge is 0.335 e. The molecule has 6 nitrogen and oxygen atoms in total. The summed E-state index contributed by atoms with van der Waals surface area (Å²) in [7, 11) is -3.40. The average molecular weight is 380 g/mol. The highest BCUT2D eigenvalue weighted by molar-refractivity contribution is 7.90. The van der Waals surface area contributed by atoms with Gasteiger partial charge < -0.3 is 9.80 Å². The molecule has 25 heavy (non-hydrogen) atoms. The van der Waals surface area contributed by atoms with E-state index in [0.29, 0.717) is 36.1 Å². The van der Waals surface area contributed by atoms with Crippen molar-refractivity contribution in [3.05, 3.63) is 58.8 Å². The SMILES string of the molecule is CCN(Cc1cccc(Cl)c1)C(=O)C1=CN2CCS(=O)(=O)N=C2C=C1. The first-order valence-corrected chi connectivity index (χ1v) is 9.89. The van der Waals surface area contributed by atoms with Gasteiger partial charge in [0.25, 0.3) is 15.9 Å². The number of nitrogens with zero attached hydrogens (tertiary/aromatic N) is 3. The first kappa shape index (κ1) is 17.7. The third-order valence-corrected chi connectivity index (χ3v) is 5.40. The average Bonchev–Trinajstić information content (AvgIpc) is 2.58. The molecule has 132 valence electrons. The topological polar surface area (TPSA) is 70.1 Å². The zero-order valence-corrected chi connectivity index (χ0v) is 15.3. The van der Waals surface area contributed by atoms with Gasteiger partial charge in [0.15, 0.2) is 0 Å². The van der Waals surface area contributed by atoms with E-state index >= 15 is 0 Å². The third kappa shape index (κ3) is 4.11. The van der Waals surface area contributed by atoms with Crippen LogP contribution in [0.1, 0.15) is 12.5 Å². The molecule has 0 aromatic heterocycles. The van der Waals surface area contributed by atoms with Crippen molar-refractivity contribution >= 4 is 33.4 Å². The van der Waals surface area contributed by atoms with E-state index in [4.69, 9.17) is 11.6 Å². The second-order valence-corrected chi connectivity index (χ2v) is 7.99. The Hall–Kier alpha value is -2.12. The Balaban J connectivity index is 1.78. The molecule has 1 aromatic carbocycles. The molecule has 2 aliphatic rings. The van der Waals surface area contributed by atoms with E-state index in [1.807, 2.05) is 25.1 Å². The Kier molecular flexibility index (Phi) is 4.96. The van der Waals surface area contributed by atoms with E-state index in [-0.39, 0.29) is 11.7 Å². The zero-order valence-electron chi connectivity index (χ0n) is 13.7. The summed E-state index contributed by atoms with van der Waals surface area (Å²) in [5, 5.41) is 0.633. The van der Waals surface area contributed by atoms with Crippen LogP contribution in [0, 0.1) is 0 Å². The van der Waals surface area contributed by atoms with Gasteiger partial charge in [0.1, 0.15) is 5.84 Å². The van der Waals surface area contributed by atoms with Crippen molar-refractivity contribution in [1.29, 1.82) is 0 Å². The molecule has 1 amide bonds. The summed E-state index contributed by atoms with van der Waals surface area (Å²) < 4.78 is 26.8. The van der Waals surface area contributed by atoms with Crippen LogP contribution in [-0.2, 0) is 21.4 Å². The monoisotopic (exact) mass is 379 g/mol. The maximum Gasteiger partial charge on any atom is 0.256 e. The van der Waals surface area contributed by atoms with Crippen LogP contribution in [0.25, 0.3) is 0 Å². The molecule has 0 aliphatic carbocycles. The fourth-order valence-electron chi connectivity index (χ4n) is 2.69. The van der Waals surface area contributed by atoms with Crippen LogP contribution in [-0.4, -0.2) is 48.8 Å². The van der Waals surface area contributed by atoms with Gasteiger partial charge in [-0.3, -0.25) is 4.79 Å². The zero-order chi connectivity index (χ0) is 18.0. The lowest BCUT2D eigenvalue weighted by Gasteiger charge is -2.29. The van der Waals surface area contributed by atoms with Crippen LogP contribution in [0.3, 0.4) is 0 Å². The summed E-state index contributed by atoms with van der Waals surface area (Å²) in [4.78, 5) is 16.2. The van der Waals surface area contributed by atoms with Crippen molar-refractivity contribution in [1.82, 2.24) is 9.80 Å². The highest BCUT2D eigenvalue weighted by Gasteiger charge is 2.26. The van der Waals surface area contributed by atoms with Crippen LogP contribution in [0.2, 0.25) is 5.02 Å². The molecular formula is C17H18ClN3O3S. The Morgan fingerprint density at radius 2 is 2.16 bits per heavy atom. The molecule has 0 bridgehead atoms. The van der Waals surface area contributed by atoms with Crippen molar-refractivity contribution in [2.45, 2.75) is 13.5 Å². The number of amides is 1. The Morgan fingerprint density at radius 1 is 1.36 bits per heavy atom. The number of carbonyl (C=O) groups excluding carboxylic acids is 1. The lowest BCUT2D eigenvalue weighted by molar-refractivity contribution is -0.127. The van der Waals surface area contributed by atoms with E-state index in [1.54, 1.807) is 34.2 Å². The number of benzene rings is 1. The van der Waals surface area contributed by atoms with E-state index in [9.17, 15) is 13.2 Å². The van der Waals surface area contributed by atoms with Crippen LogP contribution in [0.4, 0.5) is 0 Å². The normalized spacial score (nSPS) is 18.2. The van der Waals surface area contributed by atoms with Gasteiger partial charge >= 0.3 is 0 Å². The molecule has 0 atom stereocenters.